The number of aliphatic hydroxyl groups excluding tert-OH is 4. The van der Waals surface area contributed by atoms with Crippen LogP contribution in [0.2, 0.25) is 0 Å². The zero-order valence-corrected chi connectivity index (χ0v) is 29.3. The lowest BCUT2D eigenvalue weighted by atomic mass is 10.0. The Morgan fingerprint density at radius 3 is 1.56 bits per heavy atom. The molecule has 0 aromatic heterocycles. The molecule has 0 spiro atoms. The molecule has 45 heavy (non-hydrogen) atoms. The Labute approximate surface area is 276 Å². The molecule has 1 rings (SSSR count). The quantitative estimate of drug-likeness (QED) is 0.0496. The second-order valence-corrected chi connectivity index (χ2v) is 13.6. The van der Waals surface area contributed by atoms with Gasteiger partial charge in [0.2, 0.25) is 5.91 Å². The van der Waals surface area contributed by atoms with E-state index in [1.807, 2.05) is 0 Å². The Balaban J connectivity index is 2.32. The van der Waals surface area contributed by atoms with Gasteiger partial charge in [0.25, 0.3) is 0 Å². The van der Waals surface area contributed by atoms with Crippen molar-refractivity contribution in [3.63, 3.8) is 0 Å². The zero-order valence-electron chi connectivity index (χ0n) is 29.3. The number of ether oxygens (including phenoxy) is 2. The zero-order chi connectivity index (χ0) is 33.0. The lowest BCUT2D eigenvalue weighted by molar-refractivity contribution is -0.272. The van der Waals surface area contributed by atoms with Crippen molar-refractivity contribution >= 4 is 5.91 Å². The number of hydrogen-bond donors (Lipinski definition) is 5. The highest BCUT2D eigenvalue weighted by molar-refractivity contribution is 5.76. The average Bonchev–Trinajstić information content (AvgIpc) is 3.03. The molecule has 6 atom stereocenters. The molecule has 0 aliphatic carbocycles. The minimum Gasteiger partial charge on any atom is -0.391 e. The first-order valence-electron chi connectivity index (χ1n) is 19.2. The molecule has 1 saturated heterocycles. The molecule has 1 heterocycles. The van der Waals surface area contributed by atoms with E-state index in [4.69, 9.17) is 9.47 Å². The van der Waals surface area contributed by atoms with Crippen LogP contribution in [0.3, 0.4) is 0 Å². The van der Waals surface area contributed by atoms with Crippen LogP contribution in [-0.4, -0.2) is 76.3 Å². The maximum Gasteiger partial charge on any atom is 0.220 e. The van der Waals surface area contributed by atoms with Crippen LogP contribution in [0.25, 0.3) is 0 Å². The van der Waals surface area contributed by atoms with Crippen molar-refractivity contribution in [2.45, 2.75) is 218 Å². The van der Waals surface area contributed by atoms with E-state index >= 15 is 0 Å². The number of rotatable bonds is 31. The summed E-state index contributed by atoms with van der Waals surface area (Å²) in [5, 5.41) is 43.9. The third-order valence-electron chi connectivity index (χ3n) is 9.32. The molecule has 0 radical (unpaired) electrons. The predicted octanol–water partition coefficient (Wildman–Crippen LogP) is 7.47. The maximum absolute atomic E-state index is 12.8. The highest BCUT2D eigenvalue weighted by Gasteiger charge is 2.38. The predicted molar refractivity (Wildman–Crippen MR) is 183 cm³/mol. The fourth-order valence-corrected chi connectivity index (χ4v) is 6.17. The number of aliphatic hydroxyl groups is 4. The summed E-state index contributed by atoms with van der Waals surface area (Å²) in [6, 6.07) is -0.637. The minimum atomic E-state index is -1.40. The molecule has 0 aromatic rings. The van der Waals surface area contributed by atoms with Crippen LogP contribution >= 0.6 is 0 Å². The first-order valence-corrected chi connectivity index (χ1v) is 19.2. The summed E-state index contributed by atoms with van der Waals surface area (Å²) >= 11 is 0. The number of amides is 1. The first kappa shape index (κ1) is 42.3. The van der Waals surface area contributed by atoms with Gasteiger partial charge in [-0.2, -0.15) is 0 Å². The molecule has 1 fully saturated rings. The van der Waals surface area contributed by atoms with Crippen molar-refractivity contribution in [2.75, 3.05) is 13.2 Å². The highest BCUT2D eigenvalue weighted by atomic mass is 16.7. The van der Waals surface area contributed by atoms with E-state index in [-0.39, 0.29) is 19.1 Å². The van der Waals surface area contributed by atoms with Gasteiger partial charge in [-0.15, -0.1) is 0 Å². The third kappa shape index (κ3) is 22.4. The summed E-state index contributed by atoms with van der Waals surface area (Å²) in [7, 11) is 0. The molecular weight excluding hydrogens is 570 g/mol. The molecular formula is C37H73NO7. The molecule has 0 saturated carbocycles. The molecule has 8 nitrogen and oxygen atoms in total. The third-order valence-corrected chi connectivity index (χ3v) is 9.32. The molecule has 8 heteroatoms. The van der Waals surface area contributed by atoms with E-state index in [0.717, 1.165) is 38.5 Å². The Morgan fingerprint density at radius 1 is 0.667 bits per heavy atom. The van der Waals surface area contributed by atoms with E-state index < -0.39 is 36.7 Å². The van der Waals surface area contributed by atoms with E-state index in [0.29, 0.717) is 12.8 Å². The molecule has 268 valence electrons. The molecule has 0 aromatic carbocycles. The van der Waals surface area contributed by atoms with Crippen LogP contribution < -0.4 is 5.32 Å². The van der Waals surface area contributed by atoms with Crippen LogP contribution in [0.15, 0.2) is 0 Å². The van der Waals surface area contributed by atoms with Crippen molar-refractivity contribution in [3.8, 4) is 0 Å². The SMILES string of the molecule is CCCCCCCCCCCCCCC[C@@H](O)[C@@H](CO[C@@H]1OC[C@H](O)[C@H](O)[C@H]1O)NC(=O)CCCCCCCCCCCCC. The summed E-state index contributed by atoms with van der Waals surface area (Å²) < 4.78 is 11.1. The molecule has 5 N–H and O–H groups in total. The second kappa shape index (κ2) is 29.4. The lowest BCUT2D eigenvalue weighted by Gasteiger charge is -2.36. The van der Waals surface area contributed by atoms with Gasteiger partial charge in [0.05, 0.1) is 25.4 Å². The largest absolute Gasteiger partial charge is 0.391 e. The Kier molecular flexibility index (Phi) is 27.6. The van der Waals surface area contributed by atoms with Crippen LogP contribution in [0, 0.1) is 0 Å². The van der Waals surface area contributed by atoms with Gasteiger partial charge < -0.3 is 35.2 Å². The van der Waals surface area contributed by atoms with Crippen LogP contribution in [-0.2, 0) is 14.3 Å². The molecule has 0 unspecified atom stereocenters. The van der Waals surface area contributed by atoms with E-state index in [1.54, 1.807) is 0 Å². The Morgan fingerprint density at radius 2 is 1.09 bits per heavy atom. The monoisotopic (exact) mass is 644 g/mol. The van der Waals surface area contributed by atoms with Crippen molar-refractivity contribution in [3.05, 3.63) is 0 Å². The van der Waals surface area contributed by atoms with Crippen LogP contribution in [0.1, 0.15) is 181 Å². The summed E-state index contributed by atoms with van der Waals surface area (Å²) in [4.78, 5) is 12.8. The van der Waals surface area contributed by atoms with Gasteiger partial charge in [0.1, 0.15) is 18.3 Å². The smallest absolute Gasteiger partial charge is 0.220 e. The average molecular weight is 644 g/mol. The topological polar surface area (TPSA) is 128 Å². The minimum absolute atomic E-state index is 0.0475. The highest BCUT2D eigenvalue weighted by Crippen LogP contribution is 2.19. The lowest BCUT2D eigenvalue weighted by Crippen LogP contribution is -2.55. The second-order valence-electron chi connectivity index (χ2n) is 13.6. The fourth-order valence-electron chi connectivity index (χ4n) is 6.17. The van der Waals surface area contributed by atoms with E-state index in [2.05, 4.69) is 19.2 Å². The summed E-state index contributed by atoms with van der Waals surface area (Å²) in [5.74, 6) is -0.107. The molecule has 0 bridgehead atoms. The molecule has 1 aliphatic heterocycles. The summed E-state index contributed by atoms with van der Waals surface area (Å²) in [6.07, 6.45) is 24.9. The van der Waals surface area contributed by atoms with Gasteiger partial charge in [-0.1, -0.05) is 162 Å². The van der Waals surface area contributed by atoms with Crippen molar-refractivity contribution in [2.24, 2.45) is 0 Å². The van der Waals surface area contributed by atoms with Gasteiger partial charge in [0.15, 0.2) is 6.29 Å². The summed E-state index contributed by atoms with van der Waals surface area (Å²) in [6.45, 7) is 4.30. The van der Waals surface area contributed by atoms with Gasteiger partial charge in [-0.25, -0.2) is 0 Å². The van der Waals surface area contributed by atoms with Gasteiger partial charge in [0, 0.05) is 6.42 Å². The standard InChI is InChI=1S/C37H73NO7/c1-3-5-7-9-11-13-15-16-18-19-21-23-25-27-32(39)31(29-44-37-36(43)35(42)33(40)30-45-37)38-34(41)28-26-24-22-20-17-14-12-10-8-6-4-2/h31-33,35-37,39-40,42-43H,3-30H2,1-2H3,(H,38,41)/t31-,32-,33+,35+,36-,37-/m1/s1. The first-order chi connectivity index (χ1) is 21.9. The van der Waals surface area contributed by atoms with Crippen molar-refractivity contribution in [1.82, 2.24) is 5.32 Å². The number of hydrogen-bond acceptors (Lipinski definition) is 7. The molecule has 1 aliphatic rings. The Hall–Kier alpha value is -0.770. The number of carbonyl (C=O) groups is 1. The van der Waals surface area contributed by atoms with Gasteiger partial charge >= 0.3 is 0 Å². The normalized spacial score (nSPS) is 21.6. The van der Waals surface area contributed by atoms with E-state index in [9.17, 15) is 25.2 Å². The number of nitrogens with one attached hydrogen (secondary N) is 1. The van der Waals surface area contributed by atoms with Crippen molar-refractivity contribution in [1.29, 1.82) is 0 Å². The molecule has 1 amide bonds. The van der Waals surface area contributed by atoms with Crippen molar-refractivity contribution < 1.29 is 34.7 Å². The number of unbranched alkanes of at least 4 members (excludes halogenated alkanes) is 22. The maximum atomic E-state index is 12.8. The van der Waals surface area contributed by atoms with Gasteiger partial charge in [-0.3, -0.25) is 4.79 Å². The van der Waals surface area contributed by atoms with E-state index in [1.165, 1.54) is 116 Å². The number of carbonyl (C=O) groups excluding carboxylic acids is 1. The van der Waals surface area contributed by atoms with Crippen LogP contribution in [0.4, 0.5) is 0 Å². The van der Waals surface area contributed by atoms with Gasteiger partial charge in [-0.05, 0) is 12.8 Å². The fraction of sp³-hybridized carbons (Fsp3) is 0.973. The Bertz CT molecular complexity index is 667. The summed E-state index contributed by atoms with van der Waals surface area (Å²) in [5.41, 5.74) is 0. The van der Waals surface area contributed by atoms with Crippen LogP contribution in [0.5, 0.6) is 0 Å².